The average molecular weight is 338 g/mol. The monoisotopic (exact) mass is 338 g/mol. The number of ether oxygens (including phenoxy) is 1. The Morgan fingerprint density at radius 2 is 1.69 bits per heavy atom. The first kappa shape index (κ1) is 12.1. The molecule has 0 saturated heterocycles. The fourth-order valence-electron chi connectivity index (χ4n) is 3.37. The van der Waals surface area contributed by atoms with Gasteiger partial charge in [0.15, 0.2) is 23.0 Å². The second-order valence-corrected chi connectivity index (χ2v) is 5.10. The maximum atomic E-state index is 11.8. The molecule has 2 bridgehead atoms. The quantitative estimate of drug-likeness (QED) is 0.572. The Morgan fingerprint density at radius 3 is 2.19 bits per heavy atom. The lowest BCUT2D eigenvalue weighted by Gasteiger charge is -2.19. The van der Waals surface area contributed by atoms with E-state index in [-0.39, 0.29) is 23.8 Å². The summed E-state index contributed by atoms with van der Waals surface area (Å²) in [6.45, 7) is 0. The van der Waals surface area contributed by atoms with E-state index in [1.165, 1.54) is 7.11 Å². The van der Waals surface area contributed by atoms with Crippen LogP contribution in [0, 0.1) is 23.7 Å². The minimum Gasteiger partial charge on any atom is -0.469 e. The molecule has 4 unspecified atom stereocenters. The van der Waals surface area contributed by atoms with E-state index in [0.717, 1.165) is 25.7 Å². The van der Waals surface area contributed by atoms with Crippen LogP contribution in [0.1, 0.15) is 25.7 Å². The van der Waals surface area contributed by atoms with Gasteiger partial charge in [0.2, 0.25) is 0 Å². The van der Waals surface area contributed by atoms with Crippen molar-refractivity contribution in [3.63, 3.8) is 0 Å². The number of carbonyl (C=O) groups excluding carboxylic acids is 2. The van der Waals surface area contributed by atoms with Gasteiger partial charge in [-0.1, -0.05) is 6.42 Å². The Balaban J connectivity index is 2.24. The zero-order chi connectivity index (χ0) is 11.7. The third-order valence-electron chi connectivity index (χ3n) is 3.98. The second kappa shape index (κ2) is 4.89. The van der Waals surface area contributed by atoms with Crippen LogP contribution in [-0.4, -0.2) is 19.0 Å². The molecule has 2 saturated carbocycles. The van der Waals surface area contributed by atoms with Crippen molar-refractivity contribution in [1.82, 2.24) is 0 Å². The van der Waals surface area contributed by atoms with Crippen molar-refractivity contribution < 1.29 is 17.4 Å². The van der Waals surface area contributed by atoms with Crippen LogP contribution in [-0.2, 0) is 17.4 Å². The van der Waals surface area contributed by atoms with Crippen LogP contribution in [0.4, 0.5) is 0 Å². The molecule has 2 aliphatic carbocycles. The minimum absolute atomic E-state index is 0.249. The van der Waals surface area contributed by atoms with E-state index in [9.17, 15) is 9.59 Å². The molecule has 0 radical (unpaired) electrons. The van der Waals surface area contributed by atoms with Gasteiger partial charge in [-0.15, -0.1) is 0 Å². The van der Waals surface area contributed by atoms with Gasteiger partial charge in [-0.3, -0.25) is 9.59 Å². The largest absolute Gasteiger partial charge is 0.469 e. The molecule has 0 N–H and O–H groups in total. The van der Waals surface area contributed by atoms with E-state index < -0.39 is 0 Å². The molecule has 0 aromatic heterocycles. The van der Waals surface area contributed by atoms with Crippen molar-refractivity contribution in [1.29, 1.82) is 0 Å². The van der Waals surface area contributed by atoms with Crippen molar-refractivity contribution in [2.75, 3.05) is 7.11 Å². The molecular formula is C11H15IO4. The van der Waals surface area contributed by atoms with Crippen LogP contribution in [0.2, 0.25) is 0 Å². The summed E-state index contributed by atoms with van der Waals surface area (Å²) in [5.74, 6) is -0.444. The van der Waals surface area contributed by atoms with Crippen LogP contribution < -0.4 is 0 Å². The van der Waals surface area contributed by atoms with Crippen LogP contribution in [0.25, 0.3) is 0 Å². The number of methoxy groups -OCH3 is 1. The molecule has 0 spiro atoms. The lowest BCUT2D eigenvalue weighted by molar-refractivity contribution is -0.154. The molecule has 5 heteroatoms. The Hall–Kier alpha value is -0.330. The molecule has 4 nitrogen and oxygen atoms in total. The summed E-state index contributed by atoms with van der Waals surface area (Å²) in [5, 5.41) is 0. The van der Waals surface area contributed by atoms with Gasteiger partial charge in [0.1, 0.15) is 0 Å². The molecule has 90 valence electrons. The predicted molar refractivity (Wildman–Crippen MR) is 64.6 cm³/mol. The molecule has 0 amide bonds. The normalized spacial score (nSPS) is 36.9. The van der Waals surface area contributed by atoms with Gasteiger partial charge < -0.3 is 7.80 Å². The highest BCUT2D eigenvalue weighted by Crippen LogP contribution is 2.50. The van der Waals surface area contributed by atoms with Gasteiger partial charge in [0.05, 0.1) is 18.9 Å². The fourth-order valence-corrected chi connectivity index (χ4v) is 3.66. The summed E-state index contributed by atoms with van der Waals surface area (Å²) in [4.78, 5) is 23.5. The lowest BCUT2D eigenvalue weighted by atomic mass is 9.87. The summed E-state index contributed by atoms with van der Waals surface area (Å²) >= 11 is 1.60. The average Bonchev–Trinajstić information content (AvgIpc) is 2.58. The molecule has 0 aromatic rings. The number of fused-ring (bicyclic) bond motifs is 2. The highest BCUT2D eigenvalue weighted by molar-refractivity contribution is 14.1. The summed E-state index contributed by atoms with van der Waals surface area (Å²) in [6, 6.07) is 0. The van der Waals surface area contributed by atoms with Crippen molar-refractivity contribution in [2.45, 2.75) is 25.7 Å². The highest BCUT2D eigenvalue weighted by Gasteiger charge is 2.53. The van der Waals surface area contributed by atoms with Gasteiger partial charge in [-0.2, -0.15) is 0 Å². The number of halogens is 1. The Morgan fingerprint density at radius 1 is 1.12 bits per heavy atom. The summed E-state index contributed by atoms with van der Waals surface area (Å²) in [6.07, 6.45) is 4.13. The lowest BCUT2D eigenvalue weighted by Crippen LogP contribution is -2.31. The molecular weight excluding hydrogens is 323 g/mol. The zero-order valence-corrected chi connectivity index (χ0v) is 11.3. The van der Waals surface area contributed by atoms with Crippen LogP contribution in [0.5, 0.6) is 0 Å². The molecule has 0 aliphatic heterocycles. The third kappa shape index (κ3) is 1.94. The van der Waals surface area contributed by atoms with Crippen molar-refractivity contribution in [3.05, 3.63) is 0 Å². The van der Waals surface area contributed by atoms with Gasteiger partial charge in [-0.05, 0) is 31.1 Å². The van der Waals surface area contributed by atoms with E-state index in [4.69, 9.17) is 7.80 Å². The molecule has 2 fully saturated rings. The van der Waals surface area contributed by atoms with Crippen LogP contribution in [0.3, 0.4) is 0 Å². The van der Waals surface area contributed by atoms with Gasteiger partial charge in [-0.25, -0.2) is 0 Å². The SMILES string of the molecule is COC(=O)C1C2CCCC(C2)C1C(=O)OI. The minimum atomic E-state index is -0.281. The molecule has 0 heterocycles. The topological polar surface area (TPSA) is 52.6 Å². The summed E-state index contributed by atoms with van der Waals surface area (Å²) in [7, 11) is 1.39. The number of rotatable bonds is 2. The van der Waals surface area contributed by atoms with Crippen molar-refractivity contribution >= 4 is 34.9 Å². The number of hydrogen-bond acceptors (Lipinski definition) is 4. The van der Waals surface area contributed by atoms with E-state index in [2.05, 4.69) is 0 Å². The zero-order valence-electron chi connectivity index (χ0n) is 9.15. The summed E-state index contributed by atoms with van der Waals surface area (Å²) < 4.78 is 9.61. The van der Waals surface area contributed by atoms with E-state index in [1.54, 1.807) is 23.0 Å². The highest BCUT2D eigenvalue weighted by atomic mass is 127. The first-order valence-corrected chi connectivity index (χ1v) is 6.47. The number of carbonyl (C=O) groups is 2. The first-order chi connectivity index (χ1) is 7.69. The number of esters is 1. The van der Waals surface area contributed by atoms with Crippen LogP contribution in [0.15, 0.2) is 0 Å². The van der Waals surface area contributed by atoms with E-state index in [1.807, 2.05) is 0 Å². The van der Waals surface area contributed by atoms with E-state index >= 15 is 0 Å². The van der Waals surface area contributed by atoms with Gasteiger partial charge >= 0.3 is 11.9 Å². The van der Waals surface area contributed by atoms with Crippen molar-refractivity contribution in [3.8, 4) is 0 Å². The smallest absolute Gasteiger partial charge is 0.319 e. The Kier molecular flexibility index (Phi) is 3.71. The van der Waals surface area contributed by atoms with Crippen molar-refractivity contribution in [2.24, 2.45) is 23.7 Å². The molecule has 0 aromatic carbocycles. The van der Waals surface area contributed by atoms with E-state index in [0.29, 0.717) is 11.8 Å². The van der Waals surface area contributed by atoms with Gasteiger partial charge in [0, 0.05) is 0 Å². The molecule has 4 atom stereocenters. The summed E-state index contributed by atoms with van der Waals surface area (Å²) in [5.41, 5.74) is 0. The van der Waals surface area contributed by atoms with Gasteiger partial charge in [0.25, 0.3) is 0 Å². The third-order valence-corrected chi connectivity index (χ3v) is 4.41. The Bertz CT molecular complexity index is 276. The van der Waals surface area contributed by atoms with Crippen LogP contribution >= 0.6 is 23.0 Å². The second-order valence-electron chi connectivity index (χ2n) is 4.66. The maximum Gasteiger partial charge on any atom is 0.319 e. The predicted octanol–water partition coefficient (Wildman–Crippen LogP) is 2.10. The number of hydrogen-bond donors (Lipinski definition) is 0. The molecule has 2 rings (SSSR count). The first-order valence-electron chi connectivity index (χ1n) is 5.59. The fraction of sp³-hybridized carbons (Fsp3) is 0.818. The molecule has 2 aliphatic rings. The standard InChI is InChI=1S/C11H15IO4/c1-15-10(13)8-6-3-2-4-7(5-6)9(8)11(14)16-12/h6-9H,2-5H2,1H3. The Labute approximate surface area is 109 Å². The molecule has 16 heavy (non-hydrogen) atoms. The maximum absolute atomic E-state index is 11.8.